The van der Waals surface area contributed by atoms with Gasteiger partial charge in [0.05, 0.1) is 28.5 Å². The van der Waals surface area contributed by atoms with Crippen molar-refractivity contribution in [1.29, 1.82) is 10.5 Å². The Bertz CT molecular complexity index is 852. The van der Waals surface area contributed by atoms with Crippen molar-refractivity contribution in [2.75, 3.05) is 0 Å². The van der Waals surface area contributed by atoms with E-state index in [1.165, 1.54) is 0 Å². The Morgan fingerprint density at radius 3 is 1.91 bits per heavy atom. The van der Waals surface area contributed by atoms with Gasteiger partial charge in [-0.05, 0) is 28.3 Å². The van der Waals surface area contributed by atoms with Crippen molar-refractivity contribution in [3.8, 4) is 12.1 Å². The summed E-state index contributed by atoms with van der Waals surface area (Å²) < 4.78 is 0. The van der Waals surface area contributed by atoms with Crippen LogP contribution in [0.4, 0.5) is 0 Å². The molecule has 0 saturated carbocycles. The van der Waals surface area contributed by atoms with Crippen molar-refractivity contribution in [3.05, 3.63) is 83.4 Å². The molecule has 110 valence electrons. The molecule has 3 heteroatoms. The third-order valence-electron chi connectivity index (χ3n) is 3.94. The summed E-state index contributed by atoms with van der Waals surface area (Å²) in [5, 5.41) is 19.2. The molecule has 2 nitrogen and oxygen atoms in total. The normalized spacial score (nSPS) is 20.4. The molecule has 0 saturated heterocycles. The Morgan fingerprint density at radius 2 is 1.39 bits per heavy atom. The highest BCUT2D eigenvalue weighted by atomic mass is 79.9. The molecule has 0 bridgehead atoms. The second-order valence-electron chi connectivity index (χ2n) is 5.28. The van der Waals surface area contributed by atoms with Gasteiger partial charge in [0.2, 0.25) is 0 Å². The maximum atomic E-state index is 9.61. The van der Waals surface area contributed by atoms with E-state index in [-0.39, 0.29) is 10.7 Å². The van der Waals surface area contributed by atoms with Crippen molar-refractivity contribution < 1.29 is 0 Å². The fraction of sp³-hybridized carbons (Fsp3) is 0.100. The molecule has 0 radical (unpaired) electrons. The highest BCUT2D eigenvalue weighted by molar-refractivity contribution is 9.09. The van der Waals surface area contributed by atoms with Gasteiger partial charge in [-0.3, -0.25) is 0 Å². The summed E-state index contributed by atoms with van der Waals surface area (Å²) in [6.45, 7) is 0. The molecule has 1 aliphatic carbocycles. The lowest BCUT2D eigenvalue weighted by atomic mass is 9.79. The Morgan fingerprint density at radius 1 is 0.826 bits per heavy atom. The fourth-order valence-electron chi connectivity index (χ4n) is 2.80. The molecule has 3 rings (SSSR count). The van der Waals surface area contributed by atoms with Crippen molar-refractivity contribution in [1.82, 2.24) is 0 Å². The van der Waals surface area contributed by atoms with Gasteiger partial charge in [-0.25, -0.2) is 0 Å². The predicted octanol–water partition coefficient (Wildman–Crippen LogP) is 4.96. The van der Waals surface area contributed by atoms with Crippen molar-refractivity contribution in [3.63, 3.8) is 0 Å². The smallest absolute Gasteiger partial charge is 0.0966 e. The first-order valence-electron chi connectivity index (χ1n) is 7.26. The second-order valence-corrected chi connectivity index (χ2v) is 6.27. The molecule has 2 aromatic carbocycles. The minimum absolute atomic E-state index is 0.312. The van der Waals surface area contributed by atoms with Gasteiger partial charge in [0, 0.05) is 0 Å². The lowest BCUT2D eigenvalue weighted by Crippen LogP contribution is -2.21. The predicted molar refractivity (Wildman–Crippen MR) is 95.2 cm³/mol. The van der Waals surface area contributed by atoms with Gasteiger partial charge in [0.15, 0.2) is 0 Å². The first-order valence-corrected chi connectivity index (χ1v) is 8.18. The summed E-state index contributed by atoms with van der Waals surface area (Å²) in [6.07, 6.45) is 1.98. The average Bonchev–Trinajstić information content (AvgIpc) is 2.62. The van der Waals surface area contributed by atoms with E-state index in [9.17, 15) is 10.5 Å². The average molecular weight is 361 g/mol. The van der Waals surface area contributed by atoms with Crippen LogP contribution >= 0.6 is 15.9 Å². The van der Waals surface area contributed by atoms with Crippen LogP contribution in [0.5, 0.6) is 0 Å². The lowest BCUT2D eigenvalue weighted by molar-refractivity contribution is 0.869. The molecular formula is C20H13BrN2. The Balaban J connectivity index is 2.23. The Kier molecular flexibility index (Phi) is 4.42. The van der Waals surface area contributed by atoms with E-state index in [0.29, 0.717) is 5.57 Å². The number of alkyl halides is 1. The summed E-state index contributed by atoms with van der Waals surface area (Å²) in [7, 11) is 0. The fourth-order valence-corrected chi connectivity index (χ4v) is 3.55. The molecule has 0 amide bonds. The number of nitrogens with zero attached hydrogens (tertiary/aromatic N) is 2. The number of hydrogen-bond acceptors (Lipinski definition) is 2. The van der Waals surface area contributed by atoms with Crippen LogP contribution in [-0.2, 0) is 0 Å². The minimum Gasteiger partial charge on any atom is -0.198 e. The zero-order valence-corrected chi connectivity index (χ0v) is 13.9. The minimum atomic E-state index is -0.389. The molecule has 0 N–H and O–H groups in total. The van der Waals surface area contributed by atoms with Gasteiger partial charge in [-0.2, -0.15) is 10.5 Å². The van der Waals surface area contributed by atoms with Crippen LogP contribution in [0.3, 0.4) is 0 Å². The molecule has 0 heterocycles. The number of benzene rings is 2. The van der Waals surface area contributed by atoms with E-state index in [4.69, 9.17) is 0 Å². The van der Waals surface area contributed by atoms with Gasteiger partial charge >= 0.3 is 0 Å². The number of hydrogen-bond donors (Lipinski definition) is 0. The number of rotatable bonds is 2. The summed E-state index contributed by atoms with van der Waals surface area (Å²) in [4.78, 5) is -0.312. The first-order chi connectivity index (χ1) is 11.3. The quantitative estimate of drug-likeness (QED) is 0.710. The SMILES string of the molecule is N#CC1=C(c2ccccc2)C=C(c2ccccc2)C(C#N)C1Br. The molecule has 1 aliphatic rings. The molecule has 0 spiro atoms. The van der Waals surface area contributed by atoms with Crippen LogP contribution in [0, 0.1) is 28.6 Å². The largest absolute Gasteiger partial charge is 0.198 e. The van der Waals surface area contributed by atoms with Crippen molar-refractivity contribution >= 4 is 27.1 Å². The molecule has 0 fully saturated rings. The zero-order chi connectivity index (χ0) is 16.2. The maximum absolute atomic E-state index is 9.61. The van der Waals surface area contributed by atoms with E-state index in [1.807, 2.05) is 66.7 Å². The number of halogens is 1. The molecule has 0 aromatic heterocycles. The molecule has 2 aromatic rings. The van der Waals surface area contributed by atoms with Gasteiger partial charge in [0.25, 0.3) is 0 Å². The van der Waals surface area contributed by atoms with Crippen LogP contribution in [0.2, 0.25) is 0 Å². The highest BCUT2D eigenvalue weighted by Crippen LogP contribution is 2.42. The summed E-state index contributed by atoms with van der Waals surface area (Å²) in [6, 6.07) is 24.3. The van der Waals surface area contributed by atoms with Crippen LogP contribution in [-0.4, -0.2) is 4.83 Å². The van der Waals surface area contributed by atoms with E-state index in [1.54, 1.807) is 0 Å². The topological polar surface area (TPSA) is 47.6 Å². The van der Waals surface area contributed by atoms with Gasteiger partial charge in [-0.15, -0.1) is 0 Å². The molecule has 0 aliphatic heterocycles. The summed E-state index contributed by atoms with van der Waals surface area (Å²) in [5.41, 5.74) is 4.41. The monoisotopic (exact) mass is 360 g/mol. The number of nitriles is 2. The van der Waals surface area contributed by atoms with Crippen LogP contribution < -0.4 is 0 Å². The molecule has 23 heavy (non-hydrogen) atoms. The summed E-state index contributed by atoms with van der Waals surface area (Å²) >= 11 is 3.57. The third kappa shape index (κ3) is 2.84. The van der Waals surface area contributed by atoms with Gasteiger partial charge in [0.1, 0.15) is 0 Å². The van der Waals surface area contributed by atoms with Gasteiger partial charge < -0.3 is 0 Å². The molecular weight excluding hydrogens is 348 g/mol. The van der Waals surface area contributed by atoms with Crippen molar-refractivity contribution in [2.45, 2.75) is 4.83 Å². The first kappa shape index (κ1) is 15.3. The highest BCUT2D eigenvalue weighted by Gasteiger charge is 2.33. The van der Waals surface area contributed by atoms with Gasteiger partial charge in [-0.1, -0.05) is 76.6 Å². The van der Waals surface area contributed by atoms with Crippen LogP contribution in [0.15, 0.2) is 72.3 Å². The lowest BCUT2D eigenvalue weighted by Gasteiger charge is -2.26. The Hall–Kier alpha value is -2.62. The van der Waals surface area contributed by atoms with Crippen LogP contribution in [0.1, 0.15) is 11.1 Å². The van der Waals surface area contributed by atoms with E-state index in [0.717, 1.165) is 22.3 Å². The summed E-state index contributed by atoms with van der Waals surface area (Å²) in [5.74, 6) is -0.389. The second kappa shape index (κ2) is 6.65. The van der Waals surface area contributed by atoms with E-state index < -0.39 is 0 Å². The zero-order valence-electron chi connectivity index (χ0n) is 12.3. The van der Waals surface area contributed by atoms with E-state index in [2.05, 4.69) is 28.1 Å². The molecule has 2 unspecified atom stereocenters. The standard InChI is InChI=1S/C20H13BrN2/c21-20-18(12-22)16(14-7-3-1-4-8-14)11-17(19(20)13-23)15-9-5-2-6-10-15/h1-11,18,20H. The molecule has 2 atom stereocenters. The van der Waals surface area contributed by atoms with Crippen molar-refractivity contribution in [2.24, 2.45) is 5.92 Å². The van der Waals surface area contributed by atoms with E-state index >= 15 is 0 Å². The Labute approximate surface area is 144 Å². The number of allylic oxidation sites excluding steroid dienone is 4. The maximum Gasteiger partial charge on any atom is 0.0966 e. The van der Waals surface area contributed by atoms with Crippen LogP contribution in [0.25, 0.3) is 11.1 Å². The third-order valence-corrected chi connectivity index (χ3v) is 4.93.